The van der Waals surface area contributed by atoms with E-state index in [0.717, 1.165) is 21.4 Å². The second kappa shape index (κ2) is 5.75. The molecule has 0 bridgehead atoms. The van der Waals surface area contributed by atoms with Crippen molar-refractivity contribution in [2.45, 2.75) is 12.6 Å². The molecule has 0 spiro atoms. The van der Waals surface area contributed by atoms with Crippen LogP contribution in [0.4, 0.5) is 18.2 Å². The van der Waals surface area contributed by atoms with Gasteiger partial charge in [0.25, 0.3) is 10.2 Å². The first-order chi connectivity index (χ1) is 9.59. The zero-order valence-electron chi connectivity index (χ0n) is 10.4. The van der Waals surface area contributed by atoms with Gasteiger partial charge in [-0.1, -0.05) is 18.2 Å². The topological polar surface area (TPSA) is 63.4 Å². The van der Waals surface area contributed by atoms with E-state index in [9.17, 15) is 21.6 Å². The van der Waals surface area contributed by atoms with E-state index in [2.05, 4.69) is 15.9 Å². The van der Waals surface area contributed by atoms with Gasteiger partial charge in [-0.05, 0) is 22.0 Å². The number of alkyl halides is 3. The molecule has 0 radical (unpaired) electrons. The monoisotopic (exact) mass is 402 g/mol. The van der Waals surface area contributed by atoms with E-state index in [1.807, 2.05) is 0 Å². The third-order valence-corrected chi connectivity index (χ3v) is 6.00. The van der Waals surface area contributed by atoms with E-state index < -0.39 is 29.4 Å². The SMILES string of the molecule is NS(=O)(=O)N(CCC(F)(F)F)c1sc2ccccc2c1Br. The molecule has 2 N–H and O–H groups in total. The van der Waals surface area contributed by atoms with Crippen LogP contribution in [0.5, 0.6) is 0 Å². The summed E-state index contributed by atoms with van der Waals surface area (Å²) in [6.45, 7) is -0.756. The number of fused-ring (bicyclic) bond motifs is 1. The maximum atomic E-state index is 12.4. The van der Waals surface area contributed by atoms with E-state index in [4.69, 9.17) is 5.14 Å². The third-order valence-electron chi connectivity index (χ3n) is 2.65. The summed E-state index contributed by atoms with van der Waals surface area (Å²) in [5, 5.41) is 5.91. The molecule has 1 heterocycles. The van der Waals surface area contributed by atoms with Crippen LogP contribution < -0.4 is 9.44 Å². The number of halogens is 4. The van der Waals surface area contributed by atoms with E-state index in [-0.39, 0.29) is 5.00 Å². The molecule has 2 rings (SSSR count). The first-order valence-corrected chi connectivity index (χ1v) is 8.75. The molecule has 0 unspecified atom stereocenters. The van der Waals surface area contributed by atoms with E-state index >= 15 is 0 Å². The van der Waals surface area contributed by atoms with E-state index in [1.54, 1.807) is 24.3 Å². The lowest BCUT2D eigenvalue weighted by molar-refractivity contribution is -0.131. The van der Waals surface area contributed by atoms with Crippen LogP contribution in [0.15, 0.2) is 28.7 Å². The van der Waals surface area contributed by atoms with E-state index in [1.165, 1.54) is 0 Å². The van der Waals surface area contributed by atoms with Crippen LogP contribution in [0.3, 0.4) is 0 Å². The molecule has 4 nitrogen and oxygen atoms in total. The first-order valence-electron chi connectivity index (χ1n) is 5.64. The summed E-state index contributed by atoms with van der Waals surface area (Å²) in [6.07, 6.45) is -5.74. The van der Waals surface area contributed by atoms with Gasteiger partial charge < -0.3 is 0 Å². The number of anilines is 1. The Balaban J connectivity index is 2.47. The van der Waals surface area contributed by atoms with Crippen molar-refractivity contribution in [3.05, 3.63) is 28.7 Å². The molecule has 1 aromatic heterocycles. The quantitative estimate of drug-likeness (QED) is 0.848. The Kier molecular flexibility index (Phi) is 4.52. The van der Waals surface area contributed by atoms with Crippen molar-refractivity contribution < 1.29 is 21.6 Å². The van der Waals surface area contributed by atoms with Gasteiger partial charge in [-0.3, -0.25) is 0 Å². The molecule has 0 aliphatic carbocycles. The third kappa shape index (κ3) is 3.87. The predicted octanol–water partition coefficient (Wildman–Crippen LogP) is 3.63. The largest absolute Gasteiger partial charge is 0.390 e. The van der Waals surface area contributed by atoms with Crippen molar-refractivity contribution >= 4 is 52.6 Å². The first kappa shape index (κ1) is 16.5. The molecular formula is C11H10BrF3N2O2S2. The Morgan fingerprint density at radius 2 is 1.90 bits per heavy atom. The molecule has 0 fully saturated rings. The zero-order valence-corrected chi connectivity index (χ0v) is 13.6. The summed E-state index contributed by atoms with van der Waals surface area (Å²) in [7, 11) is -4.30. The molecule has 116 valence electrons. The molecule has 0 aliphatic heterocycles. The fourth-order valence-electron chi connectivity index (χ4n) is 1.73. The second-order valence-electron chi connectivity index (χ2n) is 4.20. The van der Waals surface area contributed by atoms with Crippen LogP contribution in [-0.4, -0.2) is 21.1 Å². The van der Waals surface area contributed by atoms with Crippen molar-refractivity contribution in [1.29, 1.82) is 0 Å². The number of hydrogen-bond acceptors (Lipinski definition) is 3. The molecular weight excluding hydrogens is 393 g/mol. The molecule has 2 aromatic rings. The number of benzene rings is 1. The lowest BCUT2D eigenvalue weighted by Crippen LogP contribution is -2.38. The Hall–Kier alpha value is -0.840. The number of nitrogens with zero attached hydrogens (tertiary/aromatic N) is 1. The second-order valence-corrected chi connectivity index (χ2v) is 7.49. The standard InChI is InChI=1S/C11H10BrF3N2O2S2/c12-9-7-3-1-2-4-8(7)20-10(9)17(21(16,18)19)6-5-11(13,14)15/h1-4H,5-6H2,(H2,16,18,19). The van der Waals surface area contributed by atoms with Crippen LogP contribution in [-0.2, 0) is 10.2 Å². The highest BCUT2D eigenvalue weighted by molar-refractivity contribution is 9.10. The number of rotatable bonds is 4. The van der Waals surface area contributed by atoms with Gasteiger partial charge in [0.2, 0.25) is 0 Å². The van der Waals surface area contributed by atoms with Crippen LogP contribution in [0.1, 0.15) is 6.42 Å². The summed E-state index contributed by atoms with van der Waals surface area (Å²) < 4.78 is 62.0. The van der Waals surface area contributed by atoms with Crippen molar-refractivity contribution in [2.75, 3.05) is 10.8 Å². The maximum Gasteiger partial charge on any atom is 0.390 e. The van der Waals surface area contributed by atoms with Crippen molar-refractivity contribution in [3.8, 4) is 0 Å². The Labute approximate surface area is 131 Å². The predicted molar refractivity (Wildman–Crippen MR) is 80.7 cm³/mol. The molecule has 0 amide bonds. The summed E-state index contributed by atoms with van der Waals surface area (Å²) in [5.74, 6) is 0. The van der Waals surface area contributed by atoms with Gasteiger partial charge in [-0.15, -0.1) is 11.3 Å². The van der Waals surface area contributed by atoms with Crippen molar-refractivity contribution in [3.63, 3.8) is 0 Å². The van der Waals surface area contributed by atoms with Crippen molar-refractivity contribution in [2.24, 2.45) is 5.14 Å². The lowest BCUT2D eigenvalue weighted by atomic mass is 10.3. The highest BCUT2D eigenvalue weighted by Crippen LogP contribution is 2.42. The molecule has 0 saturated heterocycles. The fourth-order valence-corrected chi connectivity index (χ4v) is 4.90. The van der Waals surface area contributed by atoms with Gasteiger partial charge >= 0.3 is 6.18 Å². The molecule has 0 aliphatic rings. The van der Waals surface area contributed by atoms with Gasteiger partial charge in [0.15, 0.2) is 0 Å². The number of thiophene rings is 1. The smallest absolute Gasteiger partial charge is 0.247 e. The number of nitrogens with two attached hydrogens (primary N) is 1. The fraction of sp³-hybridized carbons (Fsp3) is 0.273. The van der Waals surface area contributed by atoms with Crippen LogP contribution in [0.25, 0.3) is 10.1 Å². The highest BCUT2D eigenvalue weighted by Gasteiger charge is 2.32. The summed E-state index contributed by atoms with van der Waals surface area (Å²) in [6, 6.07) is 7.00. The summed E-state index contributed by atoms with van der Waals surface area (Å²) >= 11 is 4.29. The van der Waals surface area contributed by atoms with Crippen LogP contribution >= 0.6 is 27.3 Å². The molecule has 21 heavy (non-hydrogen) atoms. The van der Waals surface area contributed by atoms with Gasteiger partial charge in [0, 0.05) is 16.6 Å². The minimum Gasteiger partial charge on any atom is -0.247 e. The Bertz CT molecular complexity index is 758. The van der Waals surface area contributed by atoms with Gasteiger partial charge in [0.05, 0.1) is 10.9 Å². The van der Waals surface area contributed by atoms with Gasteiger partial charge in [0.1, 0.15) is 5.00 Å². The molecule has 1 aromatic carbocycles. The minimum atomic E-state index is -4.47. The average molecular weight is 403 g/mol. The highest BCUT2D eigenvalue weighted by atomic mass is 79.9. The van der Waals surface area contributed by atoms with E-state index in [0.29, 0.717) is 8.78 Å². The molecule has 0 saturated carbocycles. The minimum absolute atomic E-state index is 0.142. The van der Waals surface area contributed by atoms with Gasteiger partial charge in [-0.25, -0.2) is 9.44 Å². The Morgan fingerprint density at radius 3 is 2.43 bits per heavy atom. The Morgan fingerprint density at radius 1 is 1.29 bits per heavy atom. The molecule has 10 heteroatoms. The zero-order chi connectivity index (χ0) is 15.8. The summed E-state index contributed by atoms with van der Waals surface area (Å²) in [5.41, 5.74) is 0. The molecule has 0 atom stereocenters. The lowest BCUT2D eigenvalue weighted by Gasteiger charge is -2.21. The number of hydrogen-bond donors (Lipinski definition) is 1. The van der Waals surface area contributed by atoms with Gasteiger partial charge in [-0.2, -0.15) is 21.6 Å². The normalized spacial score (nSPS) is 12.8. The summed E-state index contributed by atoms with van der Waals surface area (Å²) in [4.78, 5) is 0. The van der Waals surface area contributed by atoms with Crippen molar-refractivity contribution in [1.82, 2.24) is 0 Å². The average Bonchev–Trinajstić information content (AvgIpc) is 2.65. The maximum absolute atomic E-state index is 12.4. The van der Waals surface area contributed by atoms with Crippen LogP contribution in [0.2, 0.25) is 0 Å². The van der Waals surface area contributed by atoms with Crippen LogP contribution in [0, 0.1) is 0 Å².